The Morgan fingerprint density at radius 3 is 2.43 bits per heavy atom. The molecule has 4 fully saturated rings. The maximum Gasteiger partial charge on any atom is 0.227 e. The van der Waals surface area contributed by atoms with Gasteiger partial charge < -0.3 is 19.9 Å². The van der Waals surface area contributed by atoms with Crippen molar-refractivity contribution in [3.8, 4) is 0 Å². The first kappa shape index (κ1) is 23.7. The van der Waals surface area contributed by atoms with E-state index in [2.05, 4.69) is 10.2 Å². The van der Waals surface area contributed by atoms with Crippen LogP contribution in [0.3, 0.4) is 0 Å². The van der Waals surface area contributed by atoms with Crippen molar-refractivity contribution in [1.29, 1.82) is 0 Å². The van der Waals surface area contributed by atoms with E-state index in [4.69, 9.17) is 4.74 Å². The second kappa shape index (κ2) is 10.4. The van der Waals surface area contributed by atoms with E-state index >= 15 is 0 Å². The largest absolute Gasteiger partial charge is 0.379 e. The Balaban J connectivity index is 0.00000140. The molecule has 2 amide bonds. The molecule has 1 spiro atoms. The van der Waals surface area contributed by atoms with E-state index in [1.54, 1.807) is 0 Å². The van der Waals surface area contributed by atoms with Crippen LogP contribution >= 0.6 is 24.8 Å². The Hall–Kier alpha value is -0.600. The Bertz CT molecular complexity index is 529. The molecule has 4 aliphatic heterocycles. The summed E-state index contributed by atoms with van der Waals surface area (Å²) in [6.07, 6.45) is 3.84. The monoisotopic (exact) mass is 436 g/mol. The molecule has 1 atom stereocenters. The van der Waals surface area contributed by atoms with Crippen molar-refractivity contribution in [1.82, 2.24) is 20.0 Å². The highest BCUT2D eigenvalue weighted by atomic mass is 35.5. The Kier molecular flexibility index (Phi) is 8.82. The van der Waals surface area contributed by atoms with Crippen molar-refractivity contribution in [2.24, 2.45) is 11.3 Å². The normalized spacial score (nSPS) is 27.6. The van der Waals surface area contributed by atoms with Crippen molar-refractivity contribution in [2.45, 2.75) is 25.7 Å². The number of ether oxygens (including phenoxy) is 1. The highest BCUT2D eigenvalue weighted by Gasteiger charge is 2.41. The Labute approximate surface area is 180 Å². The van der Waals surface area contributed by atoms with E-state index in [1.165, 1.54) is 6.42 Å². The smallest absolute Gasteiger partial charge is 0.227 e. The highest BCUT2D eigenvalue weighted by molar-refractivity contribution is 5.89. The van der Waals surface area contributed by atoms with E-state index in [1.807, 2.05) is 9.80 Å². The van der Waals surface area contributed by atoms with E-state index < -0.39 is 0 Å². The van der Waals surface area contributed by atoms with Crippen LogP contribution in [-0.4, -0.2) is 98.6 Å². The van der Waals surface area contributed by atoms with E-state index in [0.29, 0.717) is 18.4 Å². The predicted molar refractivity (Wildman–Crippen MR) is 112 cm³/mol. The van der Waals surface area contributed by atoms with Crippen LogP contribution in [0.15, 0.2) is 0 Å². The number of carbonyl (C=O) groups is 2. The molecule has 1 N–H and O–H groups in total. The zero-order chi connectivity index (χ0) is 18.0. The van der Waals surface area contributed by atoms with Gasteiger partial charge in [-0.2, -0.15) is 0 Å². The van der Waals surface area contributed by atoms with Gasteiger partial charge in [0.2, 0.25) is 11.8 Å². The molecular formula is C19H34Cl2N4O3. The third-order valence-corrected chi connectivity index (χ3v) is 6.82. The van der Waals surface area contributed by atoms with Gasteiger partial charge in [-0.25, -0.2) is 0 Å². The summed E-state index contributed by atoms with van der Waals surface area (Å²) in [5, 5.41) is 3.47. The number of amides is 2. The molecule has 0 aliphatic carbocycles. The summed E-state index contributed by atoms with van der Waals surface area (Å²) < 4.78 is 5.37. The average Bonchev–Trinajstić information content (AvgIpc) is 3.28. The van der Waals surface area contributed by atoms with Crippen LogP contribution in [-0.2, 0) is 14.3 Å². The minimum Gasteiger partial charge on any atom is -0.379 e. The van der Waals surface area contributed by atoms with Crippen LogP contribution in [0.5, 0.6) is 0 Å². The van der Waals surface area contributed by atoms with Crippen molar-refractivity contribution < 1.29 is 14.3 Å². The van der Waals surface area contributed by atoms with Gasteiger partial charge in [0.25, 0.3) is 0 Å². The zero-order valence-corrected chi connectivity index (χ0v) is 18.2. The van der Waals surface area contributed by atoms with Gasteiger partial charge in [0.05, 0.1) is 19.1 Å². The Morgan fingerprint density at radius 1 is 1.07 bits per heavy atom. The molecule has 28 heavy (non-hydrogen) atoms. The topological polar surface area (TPSA) is 65.1 Å². The van der Waals surface area contributed by atoms with Crippen LogP contribution in [0, 0.1) is 11.3 Å². The molecule has 0 bridgehead atoms. The number of carbonyl (C=O) groups excluding carboxylic acids is 2. The number of hydrogen-bond acceptors (Lipinski definition) is 5. The van der Waals surface area contributed by atoms with Crippen LogP contribution < -0.4 is 5.32 Å². The third kappa shape index (κ3) is 5.30. The molecule has 0 radical (unpaired) electrons. The lowest BCUT2D eigenvalue weighted by Crippen LogP contribution is -2.46. The molecule has 0 aromatic heterocycles. The molecule has 4 aliphatic rings. The van der Waals surface area contributed by atoms with Crippen LogP contribution in [0.1, 0.15) is 25.7 Å². The summed E-state index contributed by atoms with van der Waals surface area (Å²) in [6, 6.07) is 0. The van der Waals surface area contributed by atoms with Crippen molar-refractivity contribution in [3.63, 3.8) is 0 Å². The molecule has 162 valence electrons. The minimum absolute atomic E-state index is 0. The summed E-state index contributed by atoms with van der Waals surface area (Å²) >= 11 is 0. The van der Waals surface area contributed by atoms with Crippen molar-refractivity contribution >= 4 is 36.6 Å². The maximum atomic E-state index is 12.9. The number of hydrogen-bond donors (Lipinski definition) is 1. The zero-order valence-electron chi connectivity index (χ0n) is 16.6. The van der Waals surface area contributed by atoms with Gasteiger partial charge in [-0.05, 0) is 31.2 Å². The van der Waals surface area contributed by atoms with Crippen molar-refractivity contribution in [3.05, 3.63) is 0 Å². The summed E-state index contributed by atoms with van der Waals surface area (Å²) in [5.41, 5.74) is 0.423. The molecular weight excluding hydrogens is 403 g/mol. The molecule has 0 aromatic carbocycles. The first-order chi connectivity index (χ1) is 12.7. The second-order valence-corrected chi connectivity index (χ2v) is 8.45. The standard InChI is InChI=1S/C19H32N4O3.2ClH/c24-17-13-16(14-23(17)8-7-21-9-11-26-12-10-21)18(25)22-5-2-19(3-6-22)1-4-20-15-19;;/h16,20H,1-15H2;2*1H. The molecule has 4 rings (SSSR count). The molecule has 4 heterocycles. The lowest BCUT2D eigenvalue weighted by Gasteiger charge is -2.39. The van der Waals surface area contributed by atoms with Gasteiger partial charge in [-0.15, -0.1) is 24.8 Å². The number of piperidine rings is 1. The fourth-order valence-electron chi connectivity index (χ4n) is 4.92. The van der Waals surface area contributed by atoms with E-state index in [-0.39, 0.29) is 42.5 Å². The molecule has 4 saturated heterocycles. The molecule has 0 aromatic rings. The summed E-state index contributed by atoms with van der Waals surface area (Å²) in [7, 11) is 0. The van der Waals surface area contributed by atoms with Crippen LogP contribution in [0.2, 0.25) is 0 Å². The van der Waals surface area contributed by atoms with E-state index in [9.17, 15) is 9.59 Å². The maximum absolute atomic E-state index is 12.9. The first-order valence-corrected chi connectivity index (χ1v) is 10.2. The lowest BCUT2D eigenvalue weighted by molar-refractivity contribution is -0.138. The average molecular weight is 437 g/mol. The van der Waals surface area contributed by atoms with Gasteiger partial charge in [0.15, 0.2) is 0 Å². The summed E-state index contributed by atoms with van der Waals surface area (Å²) in [5.74, 6) is 0.209. The van der Waals surface area contributed by atoms with Gasteiger partial charge in [-0.1, -0.05) is 0 Å². The number of halogens is 2. The third-order valence-electron chi connectivity index (χ3n) is 6.82. The molecule has 7 nitrogen and oxygen atoms in total. The van der Waals surface area contributed by atoms with Gasteiger partial charge in [0.1, 0.15) is 0 Å². The molecule has 1 unspecified atom stereocenters. The lowest BCUT2D eigenvalue weighted by atomic mass is 9.77. The van der Waals surface area contributed by atoms with Gasteiger partial charge >= 0.3 is 0 Å². The minimum atomic E-state index is -0.136. The Morgan fingerprint density at radius 2 is 1.79 bits per heavy atom. The first-order valence-electron chi connectivity index (χ1n) is 10.2. The van der Waals surface area contributed by atoms with Crippen molar-refractivity contribution in [2.75, 3.05) is 72.1 Å². The van der Waals surface area contributed by atoms with Gasteiger partial charge in [0, 0.05) is 58.8 Å². The number of morpholine rings is 1. The second-order valence-electron chi connectivity index (χ2n) is 8.45. The highest BCUT2D eigenvalue weighted by Crippen LogP contribution is 2.37. The van der Waals surface area contributed by atoms with Crippen LogP contribution in [0.4, 0.5) is 0 Å². The van der Waals surface area contributed by atoms with Gasteiger partial charge in [-0.3, -0.25) is 14.5 Å². The fraction of sp³-hybridized carbons (Fsp3) is 0.895. The molecule has 0 saturated carbocycles. The number of nitrogens with one attached hydrogen (secondary N) is 1. The summed E-state index contributed by atoms with van der Waals surface area (Å²) in [4.78, 5) is 31.5. The van der Waals surface area contributed by atoms with Crippen LogP contribution in [0.25, 0.3) is 0 Å². The summed E-state index contributed by atoms with van der Waals surface area (Å²) in [6.45, 7) is 9.59. The predicted octanol–water partition coefficient (Wildman–Crippen LogP) is 0.613. The number of likely N-dealkylation sites (tertiary alicyclic amines) is 2. The van der Waals surface area contributed by atoms with E-state index in [0.717, 1.165) is 78.4 Å². The fourth-order valence-corrected chi connectivity index (χ4v) is 4.92. The quantitative estimate of drug-likeness (QED) is 0.699. The number of nitrogens with zero attached hydrogens (tertiary/aromatic N) is 3. The number of rotatable bonds is 4. The molecule has 9 heteroatoms. The SMILES string of the molecule is Cl.Cl.O=C1CC(C(=O)N2CCC3(CCNC3)CC2)CN1CCN1CCOCC1.